The standard InChI is InChI=1S/C18H30N2/c1-3-11-18(2,19)15-20-12-9-17(10-13-20)14-16-7-5-4-6-8-16/h4-8,17H,3,9-15,19H2,1-2H3. The summed E-state index contributed by atoms with van der Waals surface area (Å²) in [5.74, 6) is 0.851. The van der Waals surface area contributed by atoms with Gasteiger partial charge >= 0.3 is 0 Å². The first-order valence-corrected chi connectivity index (χ1v) is 8.14. The average Bonchev–Trinajstić information content (AvgIpc) is 2.42. The first-order chi connectivity index (χ1) is 9.59. The zero-order valence-corrected chi connectivity index (χ0v) is 13.1. The fraction of sp³-hybridized carbons (Fsp3) is 0.667. The highest BCUT2D eigenvalue weighted by Gasteiger charge is 2.25. The second-order valence-electron chi connectivity index (χ2n) is 6.81. The molecule has 1 heterocycles. The summed E-state index contributed by atoms with van der Waals surface area (Å²) >= 11 is 0. The minimum atomic E-state index is -0.0129. The molecule has 0 aromatic heterocycles. The van der Waals surface area contributed by atoms with Crippen LogP contribution in [0.15, 0.2) is 30.3 Å². The van der Waals surface area contributed by atoms with Crippen molar-refractivity contribution in [2.45, 2.75) is 51.5 Å². The molecule has 2 rings (SSSR count). The normalized spacial score (nSPS) is 20.8. The zero-order chi connectivity index (χ0) is 14.4. The van der Waals surface area contributed by atoms with Crippen molar-refractivity contribution < 1.29 is 0 Å². The second-order valence-corrected chi connectivity index (χ2v) is 6.81. The molecule has 20 heavy (non-hydrogen) atoms. The first-order valence-electron chi connectivity index (χ1n) is 8.14. The van der Waals surface area contributed by atoms with Crippen LogP contribution in [-0.4, -0.2) is 30.1 Å². The van der Waals surface area contributed by atoms with Gasteiger partial charge in [-0.1, -0.05) is 43.7 Å². The Balaban J connectivity index is 1.75. The van der Waals surface area contributed by atoms with E-state index < -0.39 is 0 Å². The van der Waals surface area contributed by atoms with E-state index in [1.54, 1.807) is 0 Å². The van der Waals surface area contributed by atoms with Crippen LogP contribution in [0.4, 0.5) is 0 Å². The molecule has 1 unspecified atom stereocenters. The molecule has 1 saturated heterocycles. The van der Waals surface area contributed by atoms with Crippen LogP contribution < -0.4 is 5.73 Å². The van der Waals surface area contributed by atoms with Gasteiger partial charge in [0.1, 0.15) is 0 Å². The van der Waals surface area contributed by atoms with Gasteiger partial charge < -0.3 is 10.6 Å². The fourth-order valence-electron chi connectivity index (χ4n) is 3.46. The molecule has 1 aliphatic rings. The van der Waals surface area contributed by atoms with E-state index in [-0.39, 0.29) is 5.54 Å². The number of piperidine rings is 1. The van der Waals surface area contributed by atoms with Gasteiger partial charge in [0.05, 0.1) is 0 Å². The second kappa shape index (κ2) is 7.24. The van der Waals surface area contributed by atoms with Crippen molar-refractivity contribution in [3.8, 4) is 0 Å². The van der Waals surface area contributed by atoms with Crippen LogP contribution in [0.2, 0.25) is 0 Å². The average molecular weight is 274 g/mol. The third kappa shape index (κ3) is 4.92. The lowest BCUT2D eigenvalue weighted by molar-refractivity contribution is 0.149. The molecular formula is C18H30N2. The van der Waals surface area contributed by atoms with E-state index in [0.29, 0.717) is 0 Å². The Bertz CT molecular complexity index is 378. The van der Waals surface area contributed by atoms with Gasteiger partial charge in [0, 0.05) is 12.1 Å². The Labute approximate surface area is 124 Å². The largest absolute Gasteiger partial charge is 0.324 e. The molecule has 0 bridgehead atoms. The maximum absolute atomic E-state index is 6.37. The summed E-state index contributed by atoms with van der Waals surface area (Å²) in [5, 5.41) is 0. The zero-order valence-electron chi connectivity index (χ0n) is 13.1. The van der Waals surface area contributed by atoms with E-state index in [4.69, 9.17) is 5.73 Å². The van der Waals surface area contributed by atoms with Crippen LogP contribution in [0.5, 0.6) is 0 Å². The molecule has 1 atom stereocenters. The number of hydrogen-bond acceptors (Lipinski definition) is 2. The van der Waals surface area contributed by atoms with Crippen molar-refractivity contribution in [2.24, 2.45) is 11.7 Å². The predicted molar refractivity (Wildman–Crippen MR) is 86.8 cm³/mol. The van der Waals surface area contributed by atoms with Gasteiger partial charge in [0.15, 0.2) is 0 Å². The van der Waals surface area contributed by atoms with Gasteiger partial charge in [-0.15, -0.1) is 0 Å². The Kier molecular flexibility index (Phi) is 5.62. The summed E-state index contributed by atoms with van der Waals surface area (Å²) < 4.78 is 0. The summed E-state index contributed by atoms with van der Waals surface area (Å²) in [6.07, 6.45) is 6.17. The van der Waals surface area contributed by atoms with Crippen molar-refractivity contribution in [1.29, 1.82) is 0 Å². The van der Waals surface area contributed by atoms with Crippen LogP contribution in [0.25, 0.3) is 0 Å². The molecule has 112 valence electrons. The summed E-state index contributed by atoms with van der Waals surface area (Å²) in [5.41, 5.74) is 7.85. The quantitative estimate of drug-likeness (QED) is 0.861. The predicted octanol–water partition coefficient (Wildman–Crippen LogP) is 3.46. The Morgan fingerprint density at radius 2 is 1.85 bits per heavy atom. The molecule has 1 aromatic carbocycles. The van der Waals surface area contributed by atoms with Crippen LogP contribution in [0.3, 0.4) is 0 Å². The maximum atomic E-state index is 6.37. The molecule has 1 fully saturated rings. The van der Waals surface area contributed by atoms with Crippen molar-refractivity contribution >= 4 is 0 Å². The third-order valence-corrected chi connectivity index (χ3v) is 4.48. The number of hydrogen-bond donors (Lipinski definition) is 1. The molecule has 0 amide bonds. The van der Waals surface area contributed by atoms with Gasteiger partial charge in [-0.3, -0.25) is 0 Å². The fourth-order valence-corrected chi connectivity index (χ4v) is 3.46. The lowest BCUT2D eigenvalue weighted by Gasteiger charge is -2.37. The molecule has 0 spiro atoms. The molecule has 2 nitrogen and oxygen atoms in total. The molecule has 1 aliphatic heterocycles. The minimum Gasteiger partial charge on any atom is -0.324 e. The van der Waals surface area contributed by atoms with E-state index in [2.05, 4.69) is 49.1 Å². The number of benzene rings is 1. The van der Waals surface area contributed by atoms with Gasteiger partial charge in [-0.25, -0.2) is 0 Å². The first kappa shape index (κ1) is 15.5. The summed E-state index contributed by atoms with van der Waals surface area (Å²) in [6.45, 7) is 7.91. The number of nitrogens with zero attached hydrogens (tertiary/aromatic N) is 1. The summed E-state index contributed by atoms with van der Waals surface area (Å²) in [7, 11) is 0. The Morgan fingerprint density at radius 3 is 2.45 bits per heavy atom. The van der Waals surface area contributed by atoms with Gasteiger partial charge in [-0.05, 0) is 57.2 Å². The number of rotatable bonds is 6. The molecule has 0 aliphatic carbocycles. The van der Waals surface area contributed by atoms with Crippen LogP contribution >= 0.6 is 0 Å². The van der Waals surface area contributed by atoms with Gasteiger partial charge in [0.2, 0.25) is 0 Å². The van der Waals surface area contributed by atoms with E-state index in [1.807, 2.05) is 0 Å². The molecule has 0 saturated carbocycles. The van der Waals surface area contributed by atoms with E-state index in [9.17, 15) is 0 Å². The van der Waals surface area contributed by atoms with Crippen LogP contribution in [0, 0.1) is 5.92 Å². The molecule has 2 N–H and O–H groups in total. The Morgan fingerprint density at radius 1 is 1.20 bits per heavy atom. The van der Waals surface area contributed by atoms with Crippen molar-refractivity contribution in [2.75, 3.05) is 19.6 Å². The SMILES string of the molecule is CCCC(C)(N)CN1CCC(Cc2ccccc2)CC1. The van der Waals surface area contributed by atoms with E-state index in [1.165, 1.54) is 44.3 Å². The molecule has 0 radical (unpaired) electrons. The molecule has 1 aromatic rings. The topological polar surface area (TPSA) is 29.3 Å². The van der Waals surface area contributed by atoms with Gasteiger partial charge in [0.25, 0.3) is 0 Å². The van der Waals surface area contributed by atoms with E-state index in [0.717, 1.165) is 18.9 Å². The highest BCUT2D eigenvalue weighted by molar-refractivity contribution is 5.15. The highest BCUT2D eigenvalue weighted by Crippen LogP contribution is 2.23. The maximum Gasteiger partial charge on any atom is 0.0254 e. The highest BCUT2D eigenvalue weighted by atomic mass is 15.1. The van der Waals surface area contributed by atoms with Crippen LogP contribution in [-0.2, 0) is 6.42 Å². The number of nitrogens with two attached hydrogens (primary N) is 1. The summed E-state index contributed by atoms with van der Waals surface area (Å²) in [6, 6.07) is 10.9. The third-order valence-electron chi connectivity index (χ3n) is 4.48. The summed E-state index contributed by atoms with van der Waals surface area (Å²) in [4.78, 5) is 2.57. The van der Waals surface area contributed by atoms with Crippen molar-refractivity contribution in [1.82, 2.24) is 4.90 Å². The molecular weight excluding hydrogens is 244 g/mol. The minimum absolute atomic E-state index is 0.0129. The van der Waals surface area contributed by atoms with E-state index >= 15 is 0 Å². The monoisotopic (exact) mass is 274 g/mol. The van der Waals surface area contributed by atoms with Crippen molar-refractivity contribution in [3.05, 3.63) is 35.9 Å². The van der Waals surface area contributed by atoms with Crippen LogP contribution in [0.1, 0.15) is 45.1 Å². The lowest BCUT2D eigenvalue weighted by Crippen LogP contribution is -2.49. The lowest BCUT2D eigenvalue weighted by atomic mass is 9.89. The van der Waals surface area contributed by atoms with Gasteiger partial charge in [-0.2, -0.15) is 0 Å². The molecule has 2 heteroatoms. The number of likely N-dealkylation sites (tertiary alicyclic amines) is 1. The smallest absolute Gasteiger partial charge is 0.0254 e. The van der Waals surface area contributed by atoms with Crippen molar-refractivity contribution in [3.63, 3.8) is 0 Å². The Hall–Kier alpha value is -0.860.